The smallest absolute Gasteiger partial charge is 0.148 e. The molecule has 1 aromatic carbocycles. The normalized spacial score (nSPS) is 17.0. The molecule has 0 saturated heterocycles. The molecule has 2 aromatic heterocycles. The van der Waals surface area contributed by atoms with E-state index in [9.17, 15) is 0 Å². The van der Waals surface area contributed by atoms with Crippen LogP contribution in [0.5, 0.6) is 0 Å². The number of nitrogens with one attached hydrogen (secondary N) is 1. The van der Waals surface area contributed by atoms with Gasteiger partial charge < -0.3 is 4.90 Å². The summed E-state index contributed by atoms with van der Waals surface area (Å²) < 4.78 is 2.05. The monoisotopic (exact) mass is 521 g/mol. The van der Waals surface area contributed by atoms with Crippen molar-refractivity contribution < 1.29 is 0 Å². The minimum atomic E-state index is -0.0741. The van der Waals surface area contributed by atoms with Crippen LogP contribution in [0.15, 0.2) is 61.2 Å². The summed E-state index contributed by atoms with van der Waals surface area (Å²) >= 11 is 6.39. The quantitative estimate of drug-likeness (QED) is 0.289. The Morgan fingerprint density at radius 3 is 2.54 bits per heavy atom. The topological polar surface area (TPSA) is 46.0 Å². The van der Waals surface area contributed by atoms with Gasteiger partial charge in [-0.05, 0) is 54.5 Å². The number of nitrogens with zero attached hydrogens (tertiary/aromatic N) is 4. The molecule has 0 fully saturated rings. The van der Waals surface area contributed by atoms with E-state index < -0.39 is 0 Å². The summed E-state index contributed by atoms with van der Waals surface area (Å²) in [4.78, 5) is 11.8. The number of benzene rings is 1. The van der Waals surface area contributed by atoms with Crippen LogP contribution in [0.25, 0.3) is 11.0 Å². The summed E-state index contributed by atoms with van der Waals surface area (Å²) in [5.74, 6) is 0.886. The average Bonchev–Trinajstić information content (AvgIpc) is 3.33. The van der Waals surface area contributed by atoms with Gasteiger partial charge in [0.2, 0.25) is 0 Å². The third-order valence-electron chi connectivity index (χ3n) is 7.67. The Bertz CT molecular complexity index is 1260. The largest absolute Gasteiger partial charge is 0.336 e. The zero-order valence-corrected chi connectivity index (χ0v) is 24.5. The van der Waals surface area contributed by atoms with E-state index in [4.69, 9.17) is 16.6 Å². The number of anilines is 1. The molecule has 1 N–H and O–H groups in total. The van der Waals surface area contributed by atoms with Crippen molar-refractivity contribution in [2.75, 3.05) is 10.3 Å². The van der Waals surface area contributed by atoms with Gasteiger partial charge in [0.25, 0.3) is 0 Å². The van der Waals surface area contributed by atoms with Crippen LogP contribution in [-0.2, 0) is 12.0 Å². The Kier molecular flexibility index (Phi) is 9.12. The zero-order chi connectivity index (χ0) is 27.4. The fraction of sp³-hybridized carbons (Fsp3) is 0.484. The lowest BCUT2D eigenvalue weighted by Crippen LogP contribution is -2.31. The third kappa shape index (κ3) is 5.57. The number of halogens is 1. The van der Waals surface area contributed by atoms with Gasteiger partial charge in [0, 0.05) is 28.0 Å². The van der Waals surface area contributed by atoms with E-state index in [1.54, 1.807) is 0 Å². The summed E-state index contributed by atoms with van der Waals surface area (Å²) in [6, 6.07) is 7.98. The van der Waals surface area contributed by atoms with Gasteiger partial charge in [-0.3, -0.25) is 10.4 Å². The van der Waals surface area contributed by atoms with Gasteiger partial charge in [0.1, 0.15) is 5.82 Å². The van der Waals surface area contributed by atoms with Gasteiger partial charge in [0.05, 0.1) is 29.5 Å². The summed E-state index contributed by atoms with van der Waals surface area (Å²) in [5.41, 5.74) is 9.98. The van der Waals surface area contributed by atoms with Crippen LogP contribution in [0.1, 0.15) is 92.0 Å². The molecule has 0 bridgehead atoms. The molecule has 0 spiro atoms. The van der Waals surface area contributed by atoms with Gasteiger partial charge in [-0.15, -0.1) is 0 Å². The number of rotatable bonds is 10. The minimum absolute atomic E-state index is 0.0741. The van der Waals surface area contributed by atoms with Crippen LogP contribution in [0.4, 0.5) is 5.69 Å². The summed E-state index contributed by atoms with van der Waals surface area (Å²) in [6.07, 6.45) is 8.95. The first kappa shape index (κ1) is 28.8. The molecule has 3 heterocycles. The maximum absolute atomic E-state index is 6.39. The lowest BCUT2D eigenvalue weighted by molar-refractivity contribution is 0.347. The third-order valence-corrected chi connectivity index (χ3v) is 7.90. The van der Waals surface area contributed by atoms with E-state index in [2.05, 4.69) is 69.2 Å². The van der Waals surface area contributed by atoms with Crippen LogP contribution < -0.4 is 10.3 Å². The molecular formula is C31H44ClN5. The molecule has 4 rings (SSSR count). The average molecular weight is 522 g/mol. The molecule has 5 nitrogen and oxygen atoms in total. The van der Waals surface area contributed by atoms with Crippen molar-refractivity contribution in [3.63, 3.8) is 0 Å². The summed E-state index contributed by atoms with van der Waals surface area (Å²) in [5, 5.41) is 0.680. The second-order valence-electron chi connectivity index (χ2n) is 10.5. The zero-order valence-electron chi connectivity index (χ0n) is 23.8. The van der Waals surface area contributed by atoms with E-state index in [-0.39, 0.29) is 10.8 Å². The lowest BCUT2D eigenvalue weighted by Gasteiger charge is -2.32. The van der Waals surface area contributed by atoms with Gasteiger partial charge in [-0.25, -0.2) is 9.66 Å². The Morgan fingerprint density at radius 2 is 1.89 bits per heavy atom. The standard InChI is InChI=1S/C29H38ClN5.C2H6/c1-8-14-29(10-3)21(5)34(26-18-31-15-13-23(26)29)19-27-32-24-12-11-22(30)16-25(24)35(27)33-20(4)17-28(6,7)9-2;1-2/h11-13,15-16,18,33H,4-5,8-10,14,17,19H2,1-3,6-7H3;1-2H3. The molecule has 0 radical (unpaired) electrons. The van der Waals surface area contributed by atoms with E-state index in [0.29, 0.717) is 11.6 Å². The first-order chi connectivity index (χ1) is 17.7. The second kappa shape index (κ2) is 11.7. The predicted molar refractivity (Wildman–Crippen MR) is 160 cm³/mol. The van der Waals surface area contributed by atoms with Crippen LogP contribution in [0, 0.1) is 5.41 Å². The van der Waals surface area contributed by atoms with Gasteiger partial charge in [0.15, 0.2) is 0 Å². The van der Waals surface area contributed by atoms with Crippen molar-refractivity contribution >= 4 is 28.3 Å². The molecule has 200 valence electrons. The van der Waals surface area contributed by atoms with Crippen LogP contribution in [0.3, 0.4) is 0 Å². The maximum Gasteiger partial charge on any atom is 0.148 e. The van der Waals surface area contributed by atoms with Crippen molar-refractivity contribution in [3.05, 3.63) is 77.6 Å². The molecule has 1 unspecified atom stereocenters. The Balaban J connectivity index is 0.00000186. The number of hydrogen-bond acceptors (Lipinski definition) is 4. The fourth-order valence-electron chi connectivity index (χ4n) is 5.39. The van der Waals surface area contributed by atoms with E-state index >= 15 is 0 Å². The number of fused-ring (bicyclic) bond motifs is 2. The summed E-state index contributed by atoms with van der Waals surface area (Å²) in [6.45, 7) is 24.8. The Labute approximate surface area is 228 Å². The van der Waals surface area contributed by atoms with Gasteiger partial charge >= 0.3 is 0 Å². The Morgan fingerprint density at radius 1 is 1.16 bits per heavy atom. The number of imidazole rings is 1. The molecular weight excluding hydrogens is 478 g/mol. The van der Waals surface area contributed by atoms with Crippen LogP contribution in [-0.4, -0.2) is 14.6 Å². The van der Waals surface area contributed by atoms with Crippen LogP contribution >= 0.6 is 11.6 Å². The SMILES string of the molecule is C=C(CC(C)(C)CC)Nn1c(CN2C(=C)C(CC)(CCC)c3ccncc32)nc2ccc(Cl)cc21.CC. The maximum atomic E-state index is 6.39. The highest BCUT2D eigenvalue weighted by Crippen LogP contribution is 2.52. The van der Waals surface area contributed by atoms with E-state index in [1.807, 2.05) is 49.1 Å². The molecule has 1 aliphatic heterocycles. The van der Waals surface area contributed by atoms with Crippen molar-refractivity contribution in [1.29, 1.82) is 0 Å². The van der Waals surface area contributed by atoms with Gasteiger partial charge in [-0.1, -0.05) is 86.1 Å². The van der Waals surface area contributed by atoms with Crippen molar-refractivity contribution in [2.24, 2.45) is 5.41 Å². The van der Waals surface area contributed by atoms with E-state index in [0.717, 1.165) is 66.0 Å². The van der Waals surface area contributed by atoms with Crippen LogP contribution in [0.2, 0.25) is 5.02 Å². The molecule has 0 saturated carbocycles. The molecule has 6 heteroatoms. The number of allylic oxidation sites excluding steroid dienone is 2. The highest BCUT2D eigenvalue weighted by Gasteiger charge is 2.44. The molecule has 1 aliphatic rings. The first-order valence-electron chi connectivity index (χ1n) is 13.7. The molecule has 3 aromatic rings. The van der Waals surface area contributed by atoms with Crippen molar-refractivity contribution in [3.8, 4) is 0 Å². The summed E-state index contributed by atoms with van der Waals surface area (Å²) in [7, 11) is 0. The first-order valence-corrected chi connectivity index (χ1v) is 14.1. The van der Waals surface area contributed by atoms with Gasteiger partial charge in [-0.2, -0.15) is 0 Å². The minimum Gasteiger partial charge on any atom is -0.336 e. The van der Waals surface area contributed by atoms with Crippen molar-refractivity contribution in [1.82, 2.24) is 14.6 Å². The fourth-order valence-corrected chi connectivity index (χ4v) is 5.56. The van der Waals surface area contributed by atoms with E-state index in [1.165, 1.54) is 5.56 Å². The highest BCUT2D eigenvalue weighted by atomic mass is 35.5. The number of aromatic nitrogens is 3. The molecule has 1 atom stereocenters. The van der Waals surface area contributed by atoms with Crippen molar-refractivity contribution in [2.45, 2.75) is 92.5 Å². The molecule has 37 heavy (non-hydrogen) atoms. The molecule has 0 amide bonds. The highest BCUT2D eigenvalue weighted by molar-refractivity contribution is 6.31. The molecule has 0 aliphatic carbocycles. The Hall–Kier alpha value is -2.79. The lowest BCUT2D eigenvalue weighted by atomic mass is 9.74. The number of pyridine rings is 1. The predicted octanol–water partition coefficient (Wildman–Crippen LogP) is 8.98. The second-order valence-corrected chi connectivity index (χ2v) is 11.0. The number of hydrogen-bond donors (Lipinski definition) is 1.